The molecule has 0 saturated carbocycles. The fraction of sp³-hybridized carbons (Fsp3) is 0.250. The zero-order valence-electron chi connectivity index (χ0n) is 10.9. The summed E-state index contributed by atoms with van der Waals surface area (Å²) in [7, 11) is 0. The molecule has 0 saturated heterocycles. The summed E-state index contributed by atoms with van der Waals surface area (Å²) in [6.07, 6.45) is 0. The third-order valence-electron chi connectivity index (χ3n) is 2.70. The fourth-order valence-corrected chi connectivity index (χ4v) is 2.99. The van der Waals surface area contributed by atoms with Gasteiger partial charge in [-0.25, -0.2) is 0 Å². The van der Waals surface area contributed by atoms with Crippen molar-refractivity contribution >= 4 is 35.3 Å². The first-order valence-corrected chi connectivity index (χ1v) is 7.57. The number of nitrogens with two attached hydrogens (primary N) is 2. The fourth-order valence-electron chi connectivity index (χ4n) is 1.89. The van der Waals surface area contributed by atoms with E-state index in [4.69, 9.17) is 32.5 Å². The van der Waals surface area contributed by atoms with Crippen LogP contribution >= 0.6 is 23.4 Å². The molecule has 1 aliphatic heterocycles. The summed E-state index contributed by atoms with van der Waals surface area (Å²) in [6.45, 7) is 0.203. The van der Waals surface area contributed by atoms with Gasteiger partial charge >= 0.3 is 0 Å². The second-order valence-electron chi connectivity index (χ2n) is 4.27. The minimum absolute atomic E-state index is 0.129. The molecule has 9 heteroatoms. The van der Waals surface area contributed by atoms with E-state index >= 15 is 0 Å². The zero-order chi connectivity index (χ0) is 14.8. The lowest BCUT2D eigenvalue weighted by Gasteiger charge is -2.05. The van der Waals surface area contributed by atoms with Gasteiger partial charge in [0.05, 0.1) is 10.8 Å². The van der Waals surface area contributed by atoms with Gasteiger partial charge < -0.3 is 20.9 Å². The van der Waals surface area contributed by atoms with Gasteiger partial charge in [-0.1, -0.05) is 11.6 Å². The predicted octanol–water partition coefficient (Wildman–Crippen LogP) is 1.85. The SMILES string of the molecule is Nc1nc(N)nc(CSCc2cc(Cl)c3c(c2)OCO3)n1. The first-order chi connectivity index (χ1) is 10.1. The molecule has 4 N–H and O–H groups in total. The Labute approximate surface area is 130 Å². The molecule has 1 aromatic heterocycles. The molecule has 0 radical (unpaired) electrons. The minimum Gasteiger partial charge on any atom is -0.454 e. The maximum atomic E-state index is 6.13. The van der Waals surface area contributed by atoms with Crippen molar-refractivity contribution in [3.63, 3.8) is 0 Å². The molecule has 1 aliphatic rings. The van der Waals surface area contributed by atoms with Crippen LogP contribution in [-0.2, 0) is 11.5 Å². The quantitative estimate of drug-likeness (QED) is 0.876. The number of nitrogen functional groups attached to an aromatic ring is 2. The van der Waals surface area contributed by atoms with E-state index in [9.17, 15) is 0 Å². The summed E-state index contributed by atoms with van der Waals surface area (Å²) < 4.78 is 10.6. The average Bonchev–Trinajstić information content (AvgIpc) is 2.86. The molecule has 0 spiro atoms. The van der Waals surface area contributed by atoms with Crippen molar-refractivity contribution in [2.24, 2.45) is 0 Å². The van der Waals surface area contributed by atoms with Crippen LogP contribution in [0, 0.1) is 0 Å². The molecule has 0 unspecified atom stereocenters. The van der Waals surface area contributed by atoms with E-state index < -0.39 is 0 Å². The van der Waals surface area contributed by atoms with E-state index in [1.165, 1.54) is 0 Å². The molecule has 110 valence electrons. The Morgan fingerprint density at radius 3 is 2.62 bits per heavy atom. The zero-order valence-corrected chi connectivity index (χ0v) is 12.4. The third kappa shape index (κ3) is 3.22. The Bertz CT molecular complexity index is 665. The van der Waals surface area contributed by atoms with Gasteiger partial charge in [0.15, 0.2) is 11.5 Å². The molecule has 0 aliphatic carbocycles. The first-order valence-electron chi connectivity index (χ1n) is 6.03. The minimum atomic E-state index is 0.129. The number of fused-ring (bicyclic) bond motifs is 1. The van der Waals surface area contributed by atoms with Crippen LogP contribution in [0.5, 0.6) is 11.5 Å². The Hall–Kier alpha value is -1.93. The van der Waals surface area contributed by atoms with Crippen LogP contribution in [0.4, 0.5) is 11.9 Å². The van der Waals surface area contributed by atoms with Crippen LogP contribution in [0.3, 0.4) is 0 Å². The average molecular weight is 326 g/mol. The molecule has 0 fully saturated rings. The van der Waals surface area contributed by atoms with Crippen LogP contribution in [0.1, 0.15) is 11.4 Å². The number of nitrogens with zero attached hydrogens (tertiary/aromatic N) is 3. The molecule has 1 aromatic carbocycles. The Balaban J connectivity index is 1.64. The van der Waals surface area contributed by atoms with Crippen LogP contribution in [0.25, 0.3) is 0 Å². The topological polar surface area (TPSA) is 109 Å². The molecular formula is C12H12ClN5O2S. The summed E-state index contributed by atoms with van der Waals surface area (Å²) >= 11 is 7.74. The second kappa shape index (κ2) is 5.82. The number of benzene rings is 1. The monoisotopic (exact) mass is 325 g/mol. The number of hydrogen-bond donors (Lipinski definition) is 2. The molecule has 0 bridgehead atoms. The lowest BCUT2D eigenvalue weighted by atomic mass is 10.2. The van der Waals surface area contributed by atoms with Gasteiger partial charge in [0.1, 0.15) is 5.82 Å². The van der Waals surface area contributed by atoms with Gasteiger partial charge in [-0.2, -0.15) is 15.0 Å². The van der Waals surface area contributed by atoms with E-state index in [1.807, 2.05) is 12.1 Å². The number of ether oxygens (including phenoxy) is 2. The molecule has 0 atom stereocenters. The lowest BCUT2D eigenvalue weighted by molar-refractivity contribution is 0.174. The number of aromatic nitrogens is 3. The smallest absolute Gasteiger partial charge is 0.231 e. The van der Waals surface area contributed by atoms with E-state index in [0.29, 0.717) is 28.1 Å². The number of thioether (sulfide) groups is 1. The van der Waals surface area contributed by atoms with Crippen molar-refractivity contribution in [1.29, 1.82) is 0 Å². The normalized spacial score (nSPS) is 12.6. The summed E-state index contributed by atoms with van der Waals surface area (Å²) in [5, 5.41) is 0.550. The van der Waals surface area contributed by atoms with Crippen molar-refractivity contribution in [3.8, 4) is 11.5 Å². The number of rotatable bonds is 4. The summed E-state index contributed by atoms with van der Waals surface area (Å²) in [6, 6.07) is 3.77. The first kappa shape index (κ1) is 14.0. The molecular weight excluding hydrogens is 314 g/mol. The third-order valence-corrected chi connectivity index (χ3v) is 3.98. The molecule has 3 rings (SSSR count). The van der Waals surface area contributed by atoms with Crippen molar-refractivity contribution in [3.05, 3.63) is 28.5 Å². The van der Waals surface area contributed by atoms with E-state index in [0.717, 1.165) is 11.3 Å². The van der Waals surface area contributed by atoms with Gasteiger partial charge in [-0.3, -0.25) is 0 Å². The Morgan fingerprint density at radius 2 is 1.86 bits per heavy atom. The van der Waals surface area contributed by atoms with Crippen LogP contribution in [0.2, 0.25) is 5.02 Å². The van der Waals surface area contributed by atoms with Gasteiger partial charge in [-0.05, 0) is 17.7 Å². The lowest BCUT2D eigenvalue weighted by Crippen LogP contribution is -2.06. The molecule has 2 aromatic rings. The standard InChI is InChI=1S/C12H12ClN5O2S/c13-7-1-6(2-8-10(7)20-5-19-8)3-21-4-9-16-11(14)18-12(15)17-9/h1-2H,3-5H2,(H4,14,15,16,17,18). The van der Waals surface area contributed by atoms with Gasteiger partial charge in [0, 0.05) is 5.75 Å². The highest BCUT2D eigenvalue weighted by Crippen LogP contribution is 2.40. The van der Waals surface area contributed by atoms with E-state index in [2.05, 4.69) is 15.0 Å². The number of anilines is 2. The van der Waals surface area contributed by atoms with Crippen LogP contribution in [-0.4, -0.2) is 21.7 Å². The largest absolute Gasteiger partial charge is 0.454 e. The van der Waals surface area contributed by atoms with Gasteiger partial charge in [0.2, 0.25) is 18.7 Å². The second-order valence-corrected chi connectivity index (χ2v) is 5.67. The molecule has 7 nitrogen and oxygen atoms in total. The van der Waals surface area contributed by atoms with Crippen molar-refractivity contribution in [2.45, 2.75) is 11.5 Å². The van der Waals surface area contributed by atoms with Crippen LogP contribution < -0.4 is 20.9 Å². The molecule has 2 heterocycles. The highest BCUT2D eigenvalue weighted by atomic mass is 35.5. The van der Waals surface area contributed by atoms with E-state index in [-0.39, 0.29) is 18.7 Å². The molecule has 0 amide bonds. The highest BCUT2D eigenvalue weighted by Gasteiger charge is 2.18. The van der Waals surface area contributed by atoms with Gasteiger partial charge in [-0.15, -0.1) is 11.8 Å². The summed E-state index contributed by atoms with van der Waals surface area (Å²) in [4.78, 5) is 11.8. The van der Waals surface area contributed by atoms with Gasteiger partial charge in [0.25, 0.3) is 0 Å². The van der Waals surface area contributed by atoms with E-state index in [1.54, 1.807) is 11.8 Å². The van der Waals surface area contributed by atoms with Crippen molar-refractivity contribution in [1.82, 2.24) is 15.0 Å². The Morgan fingerprint density at radius 1 is 1.10 bits per heavy atom. The highest BCUT2D eigenvalue weighted by molar-refractivity contribution is 7.97. The van der Waals surface area contributed by atoms with Crippen molar-refractivity contribution in [2.75, 3.05) is 18.3 Å². The number of hydrogen-bond acceptors (Lipinski definition) is 8. The predicted molar refractivity (Wildman–Crippen MR) is 81.2 cm³/mol. The Kier molecular flexibility index (Phi) is 3.89. The maximum absolute atomic E-state index is 6.13. The van der Waals surface area contributed by atoms with Crippen molar-refractivity contribution < 1.29 is 9.47 Å². The number of halogens is 1. The maximum Gasteiger partial charge on any atom is 0.231 e. The van der Waals surface area contributed by atoms with Crippen LogP contribution in [0.15, 0.2) is 12.1 Å². The summed E-state index contributed by atoms with van der Waals surface area (Å²) in [5.74, 6) is 3.38. The molecule has 21 heavy (non-hydrogen) atoms. The summed E-state index contributed by atoms with van der Waals surface area (Å²) in [5.41, 5.74) is 12.1.